The summed E-state index contributed by atoms with van der Waals surface area (Å²) in [7, 11) is 0. The number of oxazole rings is 1. The molecule has 31 heavy (non-hydrogen) atoms. The molecule has 0 spiro atoms. The van der Waals surface area contributed by atoms with Crippen molar-refractivity contribution in [1.29, 1.82) is 0 Å². The zero-order valence-electron chi connectivity index (χ0n) is 17.1. The van der Waals surface area contributed by atoms with E-state index in [0.717, 1.165) is 38.6 Å². The number of hydrogen-bond donors (Lipinski definition) is 1. The first kappa shape index (κ1) is 19.8. The zero-order chi connectivity index (χ0) is 21.4. The van der Waals surface area contributed by atoms with E-state index in [1.54, 1.807) is 11.3 Å². The van der Waals surface area contributed by atoms with Crippen LogP contribution in [-0.4, -0.2) is 9.97 Å². The third kappa shape index (κ3) is 4.07. The van der Waals surface area contributed by atoms with Crippen LogP contribution < -0.4 is 5.32 Å². The number of aromatic nitrogens is 2. The number of hydrogen-bond acceptors (Lipinski definition) is 5. The molecule has 0 saturated carbocycles. The van der Waals surface area contributed by atoms with Gasteiger partial charge in [-0.15, -0.1) is 11.3 Å². The molecule has 5 rings (SSSR count). The number of fused-ring (bicyclic) bond motifs is 1. The molecule has 0 atom stereocenters. The first-order valence-electron chi connectivity index (χ1n) is 10.1. The number of anilines is 2. The van der Waals surface area contributed by atoms with Crippen molar-refractivity contribution in [3.63, 3.8) is 0 Å². The largest absolute Gasteiger partial charge is 0.423 e. The average molecular weight is 446 g/mol. The van der Waals surface area contributed by atoms with Crippen molar-refractivity contribution in [3.8, 4) is 21.8 Å². The maximum absolute atomic E-state index is 6.33. The molecule has 0 saturated heterocycles. The Hall–Kier alpha value is -3.15. The van der Waals surface area contributed by atoms with Crippen LogP contribution in [0.15, 0.2) is 76.5 Å². The third-order valence-corrected chi connectivity index (χ3v) is 6.30. The molecular formula is C25H20ClN3OS. The standard InChI is InChI=1S/C25H20ClN3OS/c1-15(2)16-10-11-23-21(13-16)29-25(30-23)27-18-7-5-6-17(12-18)22-14-31-24(28-22)19-8-3-4-9-20(19)26/h3-15H,1-2H3,(H,27,29). The third-order valence-electron chi connectivity index (χ3n) is 5.10. The molecule has 0 bridgehead atoms. The van der Waals surface area contributed by atoms with Crippen LogP contribution in [0.5, 0.6) is 0 Å². The predicted molar refractivity (Wildman–Crippen MR) is 129 cm³/mol. The fourth-order valence-electron chi connectivity index (χ4n) is 3.40. The minimum atomic E-state index is 0.447. The van der Waals surface area contributed by atoms with Gasteiger partial charge in [-0.25, -0.2) is 4.98 Å². The van der Waals surface area contributed by atoms with Crippen LogP contribution in [0.1, 0.15) is 25.3 Å². The van der Waals surface area contributed by atoms with Gasteiger partial charge in [-0.1, -0.05) is 61.8 Å². The van der Waals surface area contributed by atoms with E-state index >= 15 is 0 Å². The van der Waals surface area contributed by atoms with Crippen molar-refractivity contribution in [3.05, 3.63) is 82.7 Å². The lowest BCUT2D eigenvalue weighted by Crippen LogP contribution is -1.91. The van der Waals surface area contributed by atoms with Gasteiger partial charge in [0.1, 0.15) is 10.5 Å². The molecule has 4 nitrogen and oxygen atoms in total. The van der Waals surface area contributed by atoms with Gasteiger partial charge in [0.15, 0.2) is 5.58 Å². The predicted octanol–water partition coefficient (Wildman–Crippen LogP) is 8.14. The molecule has 2 heterocycles. The van der Waals surface area contributed by atoms with Crippen LogP contribution in [0.4, 0.5) is 11.7 Å². The number of benzene rings is 3. The lowest BCUT2D eigenvalue weighted by atomic mass is 10.0. The van der Waals surface area contributed by atoms with E-state index in [1.807, 2.05) is 60.0 Å². The van der Waals surface area contributed by atoms with Crippen LogP contribution in [0.3, 0.4) is 0 Å². The maximum Gasteiger partial charge on any atom is 0.300 e. The normalized spacial score (nSPS) is 11.4. The van der Waals surface area contributed by atoms with Gasteiger partial charge in [0.2, 0.25) is 0 Å². The average Bonchev–Trinajstić information content (AvgIpc) is 3.40. The van der Waals surface area contributed by atoms with E-state index < -0.39 is 0 Å². The lowest BCUT2D eigenvalue weighted by Gasteiger charge is -2.04. The summed E-state index contributed by atoms with van der Waals surface area (Å²) >= 11 is 7.91. The molecule has 6 heteroatoms. The number of thiazole rings is 1. The fourth-order valence-corrected chi connectivity index (χ4v) is 4.55. The van der Waals surface area contributed by atoms with E-state index in [1.165, 1.54) is 5.56 Å². The maximum atomic E-state index is 6.33. The number of rotatable bonds is 5. The smallest absolute Gasteiger partial charge is 0.300 e. The molecule has 0 aliphatic heterocycles. The molecule has 2 aromatic heterocycles. The van der Waals surface area contributed by atoms with Gasteiger partial charge >= 0.3 is 0 Å². The Morgan fingerprint density at radius 2 is 1.84 bits per heavy atom. The molecule has 1 N–H and O–H groups in total. The summed E-state index contributed by atoms with van der Waals surface area (Å²) in [4.78, 5) is 9.39. The van der Waals surface area contributed by atoms with E-state index in [0.29, 0.717) is 17.0 Å². The van der Waals surface area contributed by atoms with Crippen LogP contribution in [0.2, 0.25) is 5.02 Å². The fraction of sp³-hybridized carbons (Fsp3) is 0.120. The summed E-state index contributed by atoms with van der Waals surface area (Å²) in [5.41, 5.74) is 6.62. The molecule has 154 valence electrons. The van der Waals surface area contributed by atoms with Crippen molar-refractivity contribution >= 4 is 45.7 Å². The second kappa shape index (κ2) is 8.17. The summed E-state index contributed by atoms with van der Waals surface area (Å²) in [5.74, 6) is 0.447. The van der Waals surface area contributed by atoms with E-state index in [4.69, 9.17) is 21.0 Å². The molecule has 0 aliphatic rings. The minimum Gasteiger partial charge on any atom is -0.423 e. The Morgan fingerprint density at radius 3 is 2.68 bits per heavy atom. The van der Waals surface area contributed by atoms with Crippen molar-refractivity contribution in [2.75, 3.05) is 5.32 Å². The lowest BCUT2D eigenvalue weighted by molar-refractivity contribution is 0.623. The second-order valence-corrected chi connectivity index (χ2v) is 8.89. The van der Waals surface area contributed by atoms with Gasteiger partial charge < -0.3 is 9.73 Å². The van der Waals surface area contributed by atoms with Crippen LogP contribution >= 0.6 is 22.9 Å². The number of halogens is 1. The van der Waals surface area contributed by atoms with Crippen molar-refractivity contribution in [1.82, 2.24) is 9.97 Å². The molecule has 0 unspecified atom stereocenters. The van der Waals surface area contributed by atoms with Gasteiger partial charge in [-0.2, -0.15) is 4.98 Å². The van der Waals surface area contributed by atoms with E-state index in [2.05, 4.69) is 36.3 Å². The second-order valence-electron chi connectivity index (χ2n) is 7.62. The Bertz CT molecular complexity index is 1370. The highest BCUT2D eigenvalue weighted by molar-refractivity contribution is 7.13. The highest BCUT2D eigenvalue weighted by atomic mass is 35.5. The number of nitrogens with one attached hydrogen (secondary N) is 1. The van der Waals surface area contributed by atoms with E-state index in [9.17, 15) is 0 Å². The molecule has 3 aromatic carbocycles. The summed E-state index contributed by atoms with van der Waals surface area (Å²) in [6.07, 6.45) is 0. The Labute approximate surface area is 189 Å². The van der Waals surface area contributed by atoms with Crippen molar-refractivity contribution in [2.45, 2.75) is 19.8 Å². The highest BCUT2D eigenvalue weighted by Crippen LogP contribution is 2.34. The summed E-state index contributed by atoms with van der Waals surface area (Å²) in [5, 5.41) is 6.93. The molecule has 5 aromatic rings. The molecule has 0 fully saturated rings. The molecule has 0 radical (unpaired) electrons. The van der Waals surface area contributed by atoms with Crippen LogP contribution in [0.25, 0.3) is 32.9 Å². The minimum absolute atomic E-state index is 0.447. The van der Waals surface area contributed by atoms with Crippen LogP contribution in [-0.2, 0) is 0 Å². The van der Waals surface area contributed by atoms with Gasteiger partial charge in [0, 0.05) is 22.2 Å². The monoisotopic (exact) mass is 445 g/mol. The van der Waals surface area contributed by atoms with Crippen molar-refractivity contribution < 1.29 is 4.42 Å². The van der Waals surface area contributed by atoms with Gasteiger partial charge in [0.25, 0.3) is 6.01 Å². The Morgan fingerprint density at radius 1 is 0.968 bits per heavy atom. The first-order valence-corrected chi connectivity index (χ1v) is 11.3. The zero-order valence-corrected chi connectivity index (χ0v) is 18.7. The molecule has 0 amide bonds. The highest BCUT2D eigenvalue weighted by Gasteiger charge is 2.11. The van der Waals surface area contributed by atoms with E-state index in [-0.39, 0.29) is 0 Å². The summed E-state index contributed by atoms with van der Waals surface area (Å²) in [6, 6.07) is 22.4. The molecule has 0 aliphatic carbocycles. The molecular weight excluding hydrogens is 426 g/mol. The topological polar surface area (TPSA) is 51.0 Å². The summed E-state index contributed by atoms with van der Waals surface area (Å²) < 4.78 is 5.88. The quantitative estimate of drug-likeness (QED) is 0.296. The number of nitrogens with zero attached hydrogens (tertiary/aromatic N) is 2. The van der Waals surface area contributed by atoms with Gasteiger partial charge in [0.05, 0.1) is 10.7 Å². The Kier molecular flexibility index (Phi) is 5.22. The SMILES string of the molecule is CC(C)c1ccc2oc(Nc3cccc(-c4csc(-c5ccccc5Cl)n4)c3)nc2c1. The van der Waals surface area contributed by atoms with Crippen LogP contribution in [0, 0.1) is 0 Å². The van der Waals surface area contributed by atoms with Gasteiger partial charge in [-0.05, 0) is 41.8 Å². The van der Waals surface area contributed by atoms with Crippen molar-refractivity contribution in [2.24, 2.45) is 0 Å². The first-order chi connectivity index (χ1) is 15.1. The van der Waals surface area contributed by atoms with Gasteiger partial charge in [-0.3, -0.25) is 0 Å². The Balaban J connectivity index is 1.41. The summed E-state index contributed by atoms with van der Waals surface area (Å²) in [6.45, 7) is 4.34.